The van der Waals surface area contributed by atoms with Gasteiger partial charge >= 0.3 is 0 Å². The zero-order valence-corrected chi connectivity index (χ0v) is 20.9. The van der Waals surface area contributed by atoms with Crippen molar-refractivity contribution in [3.05, 3.63) is 47.5 Å². The van der Waals surface area contributed by atoms with E-state index in [4.69, 9.17) is 4.74 Å². The number of aliphatic hydroxyl groups is 1. The quantitative estimate of drug-likeness (QED) is 0.567. The predicted molar refractivity (Wildman–Crippen MR) is 133 cm³/mol. The first-order valence-electron chi connectivity index (χ1n) is 12.1. The average Bonchev–Trinajstić information content (AvgIpc) is 3.56. The predicted octanol–water partition coefficient (Wildman–Crippen LogP) is 2.39. The second kappa shape index (κ2) is 8.47. The molecule has 0 unspecified atom stereocenters. The van der Waals surface area contributed by atoms with Crippen molar-refractivity contribution in [3.63, 3.8) is 0 Å². The Hall–Kier alpha value is -2.13. The maximum Gasteiger partial charge on any atom is 0.270 e. The Bertz CT molecular complexity index is 1150. The van der Waals surface area contributed by atoms with Crippen LogP contribution < -0.4 is 10.1 Å². The van der Waals surface area contributed by atoms with E-state index < -0.39 is 17.1 Å². The average molecular weight is 521 g/mol. The number of hydrogen-bond acceptors (Lipinski definition) is 7. The summed E-state index contributed by atoms with van der Waals surface area (Å²) < 4.78 is 6.48. The number of aromatic hydroxyl groups is 1. The van der Waals surface area contributed by atoms with E-state index in [1.54, 1.807) is 18.3 Å². The Morgan fingerprint density at radius 1 is 1.20 bits per heavy atom. The van der Waals surface area contributed by atoms with Crippen molar-refractivity contribution in [2.75, 3.05) is 13.1 Å². The van der Waals surface area contributed by atoms with Gasteiger partial charge in [0.25, 0.3) is 5.91 Å². The fourth-order valence-corrected chi connectivity index (χ4v) is 7.30. The number of amides is 1. The fraction of sp³-hybridized carbons (Fsp3) is 0.560. The lowest BCUT2D eigenvalue weighted by Crippen LogP contribution is -2.78. The van der Waals surface area contributed by atoms with Crippen LogP contribution in [0, 0.1) is 5.92 Å². The van der Waals surface area contributed by atoms with Crippen LogP contribution in [0.15, 0.2) is 30.7 Å². The molecule has 3 fully saturated rings. The minimum Gasteiger partial charge on any atom is -0.504 e. The molecule has 1 amide bonds. The summed E-state index contributed by atoms with van der Waals surface area (Å²) in [5, 5.41) is 26.3. The molecule has 0 radical (unpaired) electrons. The van der Waals surface area contributed by atoms with Crippen LogP contribution in [0.3, 0.4) is 0 Å². The Morgan fingerprint density at radius 3 is 2.77 bits per heavy atom. The molecule has 2 bridgehead atoms. The number of hydrogen-bond donors (Lipinski definition) is 3. The van der Waals surface area contributed by atoms with Gasteiger partial charge in [0.05, 0.1) is 17.1 Å². The number of carbonyl (C=O) groups is 1. The maximum absolute atomic E-state index is 13.0. The van der Waals surface area contributed by atoms with Gasteiger partial charge in [-0.1, -0.05) is 6.07 Å². The van der Waals surface area contributed by atoms with Crippen molar-refractivity contribution < 1.29 is 19.7 Å². The number of nitrogens with one attached hydrogen (secondary N) is 1. The van der Waals surface area contributed by atoms with Gasteiger partial charge in [-0.25, -0.2) is 9.97 Å². The first kappa shape index (κ1) is 24.6. The van der Waals surface area contributed by atoms with Gasteiger partial charge in [-0.2, -0.15) is 0 Å². The zero-order chi connectivity index (χ0) is 22.4. The standard InChI is InChI=1S/C25H28N4O4.2ClH/c30-18-4-3-15-11-19-25(32)7-5-16(28-23(31)17-6-9-26-13-27-17)22-24(25,20(15)21(18)33-22)8-10-29(19)12-14-1-2-14;;/h3-4,6,9,13-14,16,19,22,30,32H,1-2,5,7-8,10-12H2,(H,28,31);2*1H/t16-,19-,22+,24+,25-;;/m1../s1. The van der Waals surface area contributed by atoms with Crippen LogP contribution in [0.2, 0.25) is 0 Å². The Kier molecular flexibility index (Phi) is 5.95. The third kappa shape index (κ3) is 3.30. The van der Waals surface area contributed by atoms with Gasteiger partial charge in [0.2, 0.25) is 0 Å². The molecule has 188 valence electrons. The molecule has 3 N–H and O–H groups in total. The Labute approximate surface area is 216 Å². The van der Waals surface area contributed by atoms with E-state index in [1.807, 2.05) is 6.07 Å². The lowest BCUT2D eigenvalue weighted by molar-refractivity contribution is -0.191. The third-order valence-corrected chi connectivity index (χ3v) is 8.89. The molecule has 1 aromatic carbocycles. The number of carbonyl (C=O) groups excluding carboxylic acids is 1. The number of aromatic nitrogens is 2. The van der Waals surface area contributed by atoms with Crippen LogP contribution in [0.5, 0.6) is 11.5 Å². The molecule has 3 aliphatic carbocycles. The summed E-state index contributed by atoms with van der Waals surface area (Å²) in [4.78, 5) is 23.4. The summed E-state index contributed by atoms with van der Waals surface area (Å²) >= 11 is 0. The van der Waals surface area contributed by atoms with Crippen molar-refractivity contribution in [1.82, 2.24) is 20.2 Å². The van der Waals surface area contributed by atoms with Gasteiger partial charge in [-0.05, 0) is 68.7 Å². The second-order valence-corrected chi connectivity index (χ2v) is 10.5. The van der Waals surface area contributed by atoms with E-state index in [0.29, 0.717) is 24.3 Å². The molecule has 1 saturated heterocycles. The van der Waals surface area contributed by atoms with Crippen LogP contribution in [0.25, 0.3) is 0 Å². The molecule has 2 aromatic rings. The molecule has 5 aliphatic rings. The van der Waals surface area contributed by atoms with Crippen LogP contribution in [0.4, 0.5) is 0 Å². The highest BCUT2D eigenvalue weighted by molar-refractivity contribution is 5.92. The van der Waals surface area contributed by atoms with Gasteiger partial charge in [0.1, 0.15) is 18.1 Å². The summed E-state index contributed by atoms with van der Waals surface area (Å²) in [5.41, 5.74) is 0.846. The van der Waals surface area contributed by atoms with Gasteiger partial charge in [0.15, 0.2) is 11.5 Å². The topological polar surface area (TPSA) is 108 Å². The number of phenolic OH excluding ortho intramolecular Hbond substituents is 1. The number of piperidine rings is 1. The molecule has 2 saturated carbocycles. The number of phenols is 1. The molecule has 5 atom stereocenters. The molecule has 3 heterocycles. The summed E-state index contributed by atoms with van der Waals surface area (Å²) in [7, 11) is 0. The van der Waals surface area contributed by atoms with Crippen molar-refractivity contribution in [2.45, 2.75) is 67.7 Å². The molecular weight excluding hydrogens is 491 g/mol. The van der Waals surface area contributed by atoms with E-state index in [-0.39, 0.29) is 48.6 Å². The normalized spacial score (nSPS) is 34.0. The minimum absolute atomic E-state index is 0. The lowest BCUT2D eigenvalue weighted by Gasteiger charge is -2.64. The molecule has 8 nitrogen and oxygen atoms in total. The molecule has 1 aromatic heterocycles. The van der Waals surface area contributed by atoms with Crippen molar-refractivity contribution in [3.8, 4) is 11.5 Å². The smallest absolute Gasteiger partial charge is 0.270 e. The van der Waals surface area contributed by atoms with Crippen molar-refractivity contribution in [1.29, 1.82) is 0 Å². The van der Waals surface area contributed by atoms with Crippen molar-refractivity contribution >= 4 is 30.7 Å². The summed E-state index contributed by atoms with van der Waals surface area (Å²) in [5.74, 6) is 1.08. The van der Waals surface area contributed by atoms with E-state index >= 15 is 0 Å². The second-order valence-electron chi connectivity index (χ2n) is 10.5. The Morgan fingerprint density at radius 2 is 2.03 bits per heavy atom. The maximum atomic E-state index is 13.0. The molecule has 35 heavy (non-hydrogen) atoms. The first-order chi connectivity index (χ1) is 16.0. The highest BCUT2D eigenvalue weighted by Gasteiger charge is 2.73. The number of halogens is 2. The van der Waals surface area contributed by atoms with Gasteiger partial charge < -0.3 is 20.3 Å². The van der Waals surface area contributed by atoms with Crippen LogP contribution >= 0.6 is 24.8 Å². The summed E-state index contributed by atoms with van der Waals surface area (Å²) in [6, 6.07) is 5.04. The minimum atomic E-state index is -0.951. The van der Waals surface area contributed by atoms with Crippen molar-refractivity contribution in [2.24, 2.45) is 5.92 Å². The van der Waals surface area contributed by atoms with Crippen LogP contribution in [0.1, 0.15) is 53.7 Å². The SMILES string of the molecule is Cl.Cl.O=C(N[C@@H]1CC[C@@]2(O)[C@H]3Cc4ccc(O)c5c4[C@@]2(CCN3CC2CC2)[C@H]1O5)c1ccncn1. The number of ether oxygens (including phenoxy) is 1. The Balaban J connectivity index is 0.00000127. The largest absolute Gasteiger partial charge is 0.504 e. The van der Waals surface area contributed by atoms with E-state index in [2.05, 4.69) is 20.2 Å². The fourth-order valence-electron chi connectivity index (χ4n) is 7.30. The van der Waals surface area contributed by atoms with Gasteiger partial charge in [-0.15, -0.1) is 24.8 Å². The zero-order valence-electron chi connectivity index (χ0n) is 19.2. The van der Waals surface area contributed by atoms with E-state index in [1.165, 1.54) is 19.2 Å². The third-order valence-electron chi connectivity index (χ3n) is 8.89. The lowest BCUT2D eigenvalue weighted by atomic mass is 9.48. The molecule has 10 heteroatoms. The van der Waals surface area contributed by atoms with Crippen LogP contribution in [-0.4, -0.2) is 67.9 Å². The van der Waals surface area contributed by atoms with Gasteiger partial charge in [-0.3, -0.25) is 9.69 Å². The first-order valence-corrected chi connectivity index (χ1v) is 12.1. The number of rotatable bonds is 4. The van der Waals surface area contributed by atoms with E-state index in [9.17, 15) is 15.0 Å². The number of nitrogens with zero attached hydrogens (tertiary/aromatic N) is 3. The molecule has 2 aliphatic heterocycles. The monoisotopic (exact) mass is 520 g/mol. The molecule has 7 rings (SSSR count). The highest BCUT2D eigenvalue weighted by Crippen LogP contribution is 2.65. The van der Waals surface area contributed by atoms with Crippen LogP contribution in [-0.2, 0) is 11.8 Å². The number of benzene rings is 1. The highest BCUT2D eigenvalue weighted by atomic mass is 35.5. The summed E-state index contributed by atoms with van der Waals surface area (Å²) in [6.45, 7) is 1.94. The summed E-state index contributed by atoms with van der Waals surface area (Å²) in [6.07, 6.45) is 7.75. The number of likely N-dealkylation sites (tertiary alicyclic amines) is 1. The van der Waals surface area contributed by atoms with E-state index in [0.717, 1.165) is 43.0 Å². The molecular formula is C25H30Cl2N4O4. The van der Waals surface area contributed by atoms with Gasteiger partial charge in [0, 0.05) is 24.3 Å². The molecule has 1 spiro atoms.